The second-order valence-corrected chi connectivity index (χ2v) is 5.81. The van der Waals surface area contributed by atoms with Crippen LogP contribution in [0.25, 0.3) is 0 Å². The number of carbonyl (C=O) groups excluding carboxylic acids is 2. The molecular weight excluding hydrogens is 354 g/mol. The summed E-state index contributed by atoms with van der Waals surface area (Å²) < 4.78 is 5.09. The Morgan fingerprint density at radius 3 is 2.35 bits per heavy atom. The van der Waals surface area contributed by atoms with Crippen molar-refractivity contribution in [2.75, 3.05) is 20.2 Å². The van der Waals surface area contributed by atoms with Crippen molar-refractivity contribution in [3.8, 4) is 5.75 Å². The van der Waals surface area contributed by atoms with Gasteiger partial charge in [-0.2, -0.15) is 0 Å². The monoisotopic (exact) mass is 377 g/mol. The minimum atomic E-state index is -1.13. The normalized spacial score (nSPS) is 12.3. The van der Waals surface area contributed by atoms with Gasteiger partial charge in [-0.15, -0.1) is 12.4 Å². The third kappa shape index (κ3) is 5.47. The summed E-state index contributed by atoms with van der Waals surface area (Å²) in [6.07, 6.45) is 0. The van der Waals surface area contributed by atoms with Gasteiger partial charge in [-0.05, 0) is 30.7 Å². The first-order chi connectivity index (χ1) is 11.9. The van der Waals surface area contributed by atoms with Crippen LogP contribution in [0.4, 0.5) is 0 Å². The second kappa shape index (κ2) is 9.79. The Hall–Kier alpha value is -2.57. The molecule has 1 atom stereocenters. The molecule has 2 aromatic carbocycles. The SMILES string of the molecule is COc1cccc(C(=O)NCCNC(=O)C(C)(N)c2ccccc2)c1.Cl. The van der Waals surface area contributed by atoms with Gasteiger partial charge in [-0.3, -0.25) is 9.59 Å². The Bertz CT molecular complexity index is 736. The number of rotatable bonds is 7. The predicted molar refractivity (Wildman–Crippen MR) is 104 cm³/mol. The van der Waals surface area contributed by atoms with Crippen LogP contribution in [-0.4, -0.2) is 32.0 Å². The van der Waals surface area contributed by atoms with E-state index in [0.29, 0.717) is 17.9 Å². The van der Waals surface area contributed by atoms with Gasteiger partial charge in [-0.25, -0.2) is 0 Å². The van der Waals surface area contributed by atoms with E-state index in [0.717, 1.165) is 5.56 Å². The molecule has 26 heavy (non-hydrogen) atoms. The zero-order valence-electron chi connectivity index (χ0n) is 14.8. The topological polar surface area (TPSA) is 93.5 Å². The van der Waals surface area contributed by atoms with Gasteiger partial charge in [-0.1, -0.05) is 36.4 Å². The van der Waals surface area contributed by atoms with Crippen molar-refractivity contribution in [1.29, 1.82) is 0 Å². The average molecular weight is 378 g/mol. The summed E-state index contributed by atoms with van der Waals surface area (Å²) in [4.78, 5) is 24.4. The highest BCUT2D eigenvalue weighted by molar-refractivity contribution is 5.94. The Morgan fingerprint density at radius 1 is 1.04 bits per heavy atom. The molecule has 2 rings (SSSR count). The number of hydrogen-bond donors (Lipinski definition) is 3. The minimum Gasteiger partial charge on any atom is -0.497 e. The average Bonchev–Trinajstić information content (AvgIpc) is 2.65. The fourth-order valence-corrected chi connectivity index (χ4v) is 2.32. The highest BCUT2D eigenvalue weighted by atomic mass is 35.5. The van der Waals surface area contributed by atoms with Gasteiger partial charge >= 0.3 is 0 Å². The van der Waals surface area contributed by atoms with E-state index in [-0.39, 0.29) is 30.8 Å². The Kier molecular flexibility index (Phi) is 8.09. The molecule has 0 saturated carbocycles. The lowest BCUT2D eigenvalue weighted by Gasteiger charge is -2.24. The lowest BCUT2D eigenvalue weighted by atomic mass is 9.92. The molecule has 2 aromatic rings. The molecule has 0 aliphatic heterocycles. The molecule has 6 nitrogen and oxygen atoms in total. The van der Waals surface area contributed by atoms with Crippen LogP contribution in [0.5, 0.6) is 5.75 Å². The lowest BCUT2D eigenvalue weighted by molar-refractivity contribution is -0.126. The fourth-order valence-electron chi connectivity index (χ4n) is 2.32. The Morgan fingerprint density at radius 2 is 1.69 bits per heavy atom. The lowest BCUT2D eigenvalue weighted by Crippen LogP contribution is -2.50. The van der Waals surface area contributed by atoms with E-state index in [9.17, 15) is 9.59 Å². The Labute approximate surface area is 159 Å². The zero-order valence-corrected chi connectivity index (χ0v) is 15.6. The number of methoxy groups -OCH3 is 1. The summed E-state index contributed by atoms with van der Waals surface area (Å²) in [6, 6.07) is 16.0. The number of carbonyl (C=O) groups is 2. The molecule has 0 heterocycles. The second-order valence-electron chi connectivity index (χ2n) is 5.81. The van der Waals surface area contributed by atoms with Gasteiger partial charge in [0.15, 0.2) is 0 Å². The van der Waals surface area contributed by atoms with Crippen LogP contribution in [0.1, 0.15) is 22.8 Å². The van der Waals surface area contributed by atoms with Crippen LogP contribution in [0.15, 0.2) is 54.6 Å². The van der Waals surface area contributed by atoms with Crippen molar-refractivity contribution >= 4 is 24.2 Å². The molecule has 7 heteroatoms. The number of nitrogens with one attached hydrogen (secondary N) is 2. The standard InChI is InChI=1S/C19H23N3O3.ClH/c1-19(20,15-8-4-3-5-9-15)18(24)22-12-11-21-17(23)14-7-6-10-16(13-14)25-2;/h3-10,13H,11-12,20H2,1-2H3,(H,21,23)(H,22,24);1H. The maximum Gasteiger partial charge on any atom is 0.251 e. The van der Waals surface area contributed by atoms with Gasteiger partial charge in [0.05, 0.1) is 7.11 Å². The smallest absolute Gasteiger partial charge is 0.251 e. The van der Waals surface area contributed by atoms with E-state index in [2.05, 4.69) is 10.6 Å². The van der Waals surface area contributed by atoms with Crippen LogP contribution in [-0.2, 0) is 10.3 Å². The van der Waals surface area contributed by atoms with Crippen molar-refractivity contribution < 1.29 is 14.3 Å². The molecule has 0 saturated heterocycles. The van der Waals surface area contributed by atoms with E-state index < -0.39 is 5.54 Å². The molecule has 0 spiro atoms. The predicted octanol–water partition coefficient (Wildman–Crippen LogP) is 1.84. The van der Waals surface area contributed by atoms with Crippen molar-refractivity contribution in [2.45, 2.75) is 12.5 Å². The summed E-state index contributed by atoms with van der Waals surface area (Å²) >= 11 is 0. The summed E-state index contributed by atoms with van der Waals surface area (Å²) in [7, 11) is 1.54. The number of halogens is 1. The summed E-state index contributed by atoms with van der Waals surface area (Å²) in [5.41, 5.74) is 6.23. The molecule has 0 aliphatic carbocycles. The number of hydrogen-bond acceptors (Lipinski definition) is 4. The minimum absolute atomic E-state index is 0. The van der Waals surface area contributed by atoms with Gasteiger partial charge in [0.25, 0.3) is 5.91 Å². The summed E-state index contributed by atoms with van der Waals surface area (Å²) in [5, 5.41) is 5.49. The molecule has 0 bridgehead atoms. The van der Waals surface area contributed by atoms with E-state index in [1.807, 2.05) is 30.3 Å². The molecule has 0 radical (unpaired) electrons. The highest BCUT2D eigenvalue weighted by Crippen LogP contribution is 2.17. The maximum atomic E-state index is 12.3. The number of benzene rings is 2. The largest absolute Gasteiger partial charge is 0.497 e. The van der Waals surface area contributed by atoms with Crippen molar-refractivity contribution in [1.82, 2.24) is 10.6 Å². The molecule has 140 valence electrons. The van der Waals surface area contributed by atoms with E-state index in [4.69, 9.17) is 10.5 Å². The molecule has 0 aliphatic rings. The first kappa shape index (κ1) is 21.5. The first-order valence-electron chi connectivity index (χ1n) is 8.00. The van der Waals surface area contributed by atoms with Crippen LogP contribution in [0.2, 0.25) is 0 Å². The quantitative estimate of drug-likeness (QED) is 0.642. The fraction of sp³-hybridized carbons (Fsp3) is 0.263. The van der Waals surface area contributed by atoms with Crippen LogP contribution in [0.3, 0.4) is 0 Å². The third-order valence-electron chi connectivity index (χ3n) is 3.87. The molecule has 4 N–H and O–H groups in total. The number of amides is 2. The van der Waals surface area contributed by atoms with Gasteiger partial charge in [0, 0.05) is 18.7 Å². The van der Waals surface area contributed by atoms with Gasteiger partial charge in [0.2, 0.25) is 5.91 Å². The first-order valence-corrected chi connectivity index (χ1v) is 8.00. The van der Waals surface area contributed by atoms with Crippen molar-refractivity contribution in [3.63, 3.8) is 0 Å². The number of nitrogens with two attached hydrogens (primary N) is 1. The van der Waals surface area contributed by atoms with Gasteiger partial charge < -0.3 is 21.1 Å². The zero-order chi connectivity index (χ0) is 18.3. The van der Waals surface area contributed by atoms with E-state index in [1.165, 1.54) is 0 Å². The summed E-state index contributed by atoms with van der Waals surface area (Å²) in [6.45, 7) is 2.24. The van der Waals surface area contributed by atoms with Crippen LogP contribution >= 0.6 is 12.4 Å². The van der Waals surface area contributed by atoms with Crippen LogP contribution < -0.4 is 21.1 Å². The van der Waals surface area contributed by atoms with Crippen molar-refractivity contribution in [3.05, 3.63) is 65.7 Å². The molecule has 0 aromatic heterocycles. The maximum absolute atomic E-state index is 12.3. The molecular formula is C19H24ClN3O3. The van der Waals surface area contributed by atoms with E-state index >= 15 is 0 Å². The third-order valence-corrected chi connectivity index (χ3v) is 3.87. The van der Waals surface area contributed by atoms with Crippen molar-refractivity contribution in [2.24, 2.45) is 5.73 Å². The Balaban J connectivity index is 0.00000338. The highest BCUT2D eigenvalue weighted by Gasteiger charge is 2.29. The number of ether oxygens (including phenoxy) is 1. The molecule has 0 fully saturated rings. The van der Waals surface area contributed by atoms with E-state index in [1.54, 1.807) is 38.3 Å². The molecule has 1 unspecified atom stereocenters. The van der Waals surface area contributed by atoms with Gasteiger partial charge in [0.1, 0.15) is 11.3 Å². The summed E-state index contributed by atoms with van der Waals surface area (Å²) in [5.74, 6) is 0.0868. The van der Waals surface area contributed by atoms with Crippen LogP contribution in [0, 0.1) is 0 Å². The molecule has 2 amide bonds.